The molecule has 0 saturated heterocycles. The highest BCUT2D eigenvalue weighted by atomic mass is 16.3. The van der Waals surface area contributed by atoms with Crippen molar-refractivity contribution in [3.05, 3.63) is 34.9 Å². The lowest BCUT2D eigenvalue weighted by molar-refractivity contribution is -0.0226. The van der Waals surface area contributed by atoms with Crippen molar-refractivity contribution < 1.29 is 10.2 Å². The van der Waals surface area contributed by atoms with Crippen molar-refractivity contribution in [2.45, 2.75) is 64.4 Å². The SMILES string of the molecule is CC=Cc1cc2c(cc1O)CC[C@@H]1[C@@H]2CC[C@]2(C)[C@@H](O)CC[C@@H]12. The van der Waals surface area contributed by atoms with Crippen LogP contribution in [-0.2, 0) is 6.42 Å². The van der Waals surface area contributed by atoms with Crippen LogP contribution in [0.5, 0.6) is 5.75 Å². The van der Waals surface area contributed by atoms with Crippen LogP contribution in [0.1, 0.15) is 68.6 Å². The maximum Gasteiger partial charge on any atom is 0.123 e. The van der Waals surface area contributed by atoms with Crippen LogP contribution in [-0.4, -0.2) is 16.3 Å². The number of benzene rings is 1. The molecule has 3 aliphatic carbocycles. The van der Waals surface area contributed by atoms with Gasteiger partial charge in [-0.1, -0.05) is 19.1 Å². The lowest BCUT2D eigenvalue weighted by Crippen LogP contribution is -2.43. The number of phenols is 1. The Labute approximate surface area is 139 Å². The second-order valence-electron chi connectivity index (χ2n) is 8.16. The number of allylic oxidation sites excluding steroid dienone is 1. The molecular formula is C21H28O2. The Morgan fingerprint density at radius 2 is 2.00 bits per heavy atom. The van der Waals surface area contributed by atoms with Crippen molar-refractivity contribution in [2.75, 3.05) is 0 Å². The van der Waals surface area contributed by atoms with E-state index in [0.717, 1.165) is 24.8 Å². The van der Waals surface area contributed by atoms with Gasteiger partial charge in [0.2, 0.25) is 0 Å². The van der Waals surface area contributed by atoms with Crippen LogP contribution in [0, 0.1) is 17.3 Å². The number of aromatic hydroxyl groups is 1. The molecule has 2 heteroatoms. The summed E-state index contributed by atoms with van der Waals surface area (Å²) >= 11 is 0. The zero-order valence-corrected chi connectivity index (χ0v) is 14.3. The number of hydrogen-bond donors (Lipinski definition) is 2. The van der Waals surface area contributed by atoms with Gasteiger partial charge in [-0.15, -0.1) is 0 Å². The van der Waals surface area contributed by atoms with E-state index in [2.05, 4.69) is 13.0 Å². The Hall–Kier alpha value is -1.28. The predicted molar refractivity (Wildman–Crippen MR) is 93.4 cm³/mol. The lowest BCUT2D eigenvalue weighted by Gasteiger charge is -2.50. The zero-order valence-electron chi connectivity index (χ0n) is 14.3. The number of rotatable bonds is 1. The summed E-state index contributed by atoms with van der Waals surface area (Å²) in [5.74, 6) is 2.41. The first kappa shape index (κ1) is 15.3. The maximum absolute atomic E-state index is 10.5. The Morgan fingerprint density at radius 3 is 2.78 bits per heavy atom. The molecule has 3 aliphatic rings. The molecule has 0 radical (unpaired) electrons. The molecule has 2 N–H and O–H groups in total. The van der Waals surface area contributed by atoms with Gasteiger partial charge in [0.1, 0.15) is 5.75 Å². The van der Waals surface area contributed by atoms with E-state index >= 15 is 0 Å². The summed E-state index contributed by atoms with van der Waals surface area (Å²) < 4.78 is 0. The smallest absolute Gasteiger partial charge is 0.123 e. The molecule has 0 spiro atoms. The monoisotopic (exact) mass is 312 g/mol. The zero-order chi connectivity index (χ0) is 16.2. The fourth-order valence-corrected chi connectivity index (χ4v) is 5.91. The van der Waals surface area contributed by atoms with Crippen molar-refractivity contribution in [3.8, 4) is 5.75 Å². The molecule has 2 nitrogen and oxygen atoms in total. The first-order valence-corrected chi connectivity index (χ1v) is 9.21. The van der Waals surface area contributed by atoms with Crippen molar-refractivity contribution in [1.29, 1.82) is 0 Å². The van der Waals surface area contributed by atoms with E-state index in [4.69, 9.17) is 0 Å². The van der Waals surface area contributed by atoms with Gasteiger partial charge >= 0.3 is 0 Å². The highest BCUT2D eigenvalue weighted by Crippen LogP contribution is 2.61. The highest BCUT2D eigenvalue weighted by molar-refractivity contribution is 5.60. The minimum absolute atomic E-state index is 0.103. The summed E-state index contributed by atoms with van der Waals surface area (Å²) in [5, 5.41) is 20.7. The van der Waals surface area contributed by atoms with Crippen LogP contribution in [0.25, 0.3) is 6.08 Å². The fourth-order valence-electron chi connectivity index (χ4n) is 5.91. The summed E-state index contributed by atoms with van der Waals surface area (Å²) in [6.07, 6.45) is 10.7. The summed E-state index contributed by atoms with van der Waals surface area (Å²) in [5.41, 5.74) is 3.91. The average molecular weight is 312 g/mol. The van der Waals surface area contributed by atoms with Gasteiger partial charge in [-0.2, -0.15) is 0 Å². The van der Waals surface area contributed by atoms with E-state index < -0.39 is 0 Å². The maximum atomic E-state index is 10.5. The minimum atomic E-state index is -0.103. The Balaban J connectivity index is 1.73. The van der Waals surface area contributed by atoms with Gasteiger partial charge in [0, 0.05) is 5.56 Å². The first-order chi connectivity index (χ1) is 11.0. The number of fused-ring (bicyclic) bond motifs is 5. The number of aliphatic hydroxyl groups is 1. The van der Waals surface area contributed by atoms with E-state index in [1.165, 1.54) is 30.4 Å². The van der Waals surface area contributed by atoms with Crippen LogP contribution in [0.15, 0.2) is 18.2 Å². The summed E-state index contributed by atoms with van der Waals surface area (Å²) in [6, 6.07) is 4.23. The largest absolute Gasteiger partial charge is 0.507 e. The van der Waals surface area contributed by atoms with Crippen LogP contribution in [0.4, 0.5) is 0 Å². The van der Waals surface area contributed by atoms with Crippen LogP contribution >= 0.6 is 0 Å². The third-order valence-corrected chi connectivity index (χ3v) is 7.17. The highest BCUT2D eigenvalue weighted by Gasteiger charge is 2.54. The van der Waals surface area contributed by atoms with E-state index in [1.54, 1.807) is 0 Å². The average Bonchev–Trinajstić information content (AvgIpc) is 2.84. The van der Waals surface area contributed by atoms with Crippen LogP contribution < -0.4 is 0 Å². The number of aliphatic hydroxyl groups excluding tert-OH is 1. The lowest BCUT2D eigenvalue weighted by atomic mass is 9.55. The molecule has 2 saturated carbocycles. The predicted octanol–water partition coefficient (Wildman–Crippen LogP) is 4.64. The Kier molecular flexibility index (Phi) is 3.57. The quantitative estimate of drug-likeness (QED) is 0.793. The standard InChI is InChI=1S/C21H28O2/c1-3-4-14-11-17-13(12-19(14)22)5-6-16-15(17)9-10-21(2)18(16)7-8-20(21)23/h3-4,11-12,15-16,18,20,22-23H,5-10H2,1-2H3/t15-,16+,18-,20-,21-/m0/s1. The molecule has 23 heavy (non-hydrogen) atoms. The first-order valence-electron chi connectivity index (χ1n) is 9.21. The molecule has 124 valence electrons. The van der Waals surface area contributed by atoms with Gasteiger partial charge in [0.05, 0.1) is 6.10 Å². The van der Waals surface area contributed by atoms with Crippen molar-refractivity contribution in [3.63, 3.8) is 0 Å². The molecule has 5 atom stereocenters. The molecule has 0 heterocycles. The second kappa shape index (κ2) is 5.37. The van der Waals surface area contributed by atoms with Crippen molar-refractivity contribution in [2.24, 2.45) is 17.3 Å². The molecule has 4 rings (SSSR count). The van der Waals surface area contributed by atoms with E-state index in [0.29, 0.717) is 23.5 Å². The molecule has 0 amide bonds. The molecular weight excluding hydrogens is 284 g/mol. The van der Waals surface area contributed by atoms with E-state index in [1.807, 2.05) is 25.1 Å². The van der Waals surface area contributed by atoms with Gasteiger partial charge in [-0.25, -0.2) is 0 Å². The summed E-state index contributed by atoms with van der Waals surface area (Å²) in [7, 11) is 0. The minimum Gasteiger partial charge on any atom is -0.507 e. The number of hydrogen-bond acceptors (Lipinski definition) is 2. The van der Waals surface area contributed by atoms with Crippen LogP contribution in [0.2, 0.25) is 0 Å². The molecule has 2 fully saturated rings. The van der Waals surface area contributed by atoms with Crippen molar-refractivity contribution >= 4 is 6.08 Å². The molecule has 0 bridgehead atoms. The second-order valence-corrected chi connectivity index (χ2v) is 8.16. The van der Waals surface area contributed by atoms with E-state index in [-0.39, 0.29) is 11.5 Å². The molecule has 0 unspecified atom stereocenters. The molecule has 1 aromatic rings. The molecule has 1 aromatic carbocycles. The van der Waals surface area contributed by atoms with E-state index in [9.17, 15) is 10.2 Å². The Morgan fingerprint density at radius 1 is 1.17 bits per heavy atom. The van der Waals surface area contributed by atoms with Crippen molar-refractivity contribution in [1.82, 2.24) is 0 Å². The third kappa shape index (κ3) is 2.18. The Bertz CT molecular complexity index is 647. The molecule has 0 aliphatic heterocycles. The van der Waals surface area contributed by atoms with Gasteiger partial charge < -0.3 is 10.2 Å². The van der Waals surface area contributed by atoms with Gasteiger partial charge in [-0.3, -0.25) is 0 Å². The van der Waals surface area contributed by atoms with Gasteiger partial charge in [0.15, 0.2) is 0 Å². The van der Waals surface area contributed by atoms with Gasteiger partial charge in [-0.05, 0) is 91.9 Å². The number of aryl methyl sites for hydroxylation is 1. The number of phenolic OH excluding ortho intramolecular Hbond substituents is 1. The normalized spacial score (nSPS) is 39.1. The topological polar surface area (TPSA) is 40.5 Å². The molecule has 0 aromatic heterocycles. The summed E-state index contributed by atoms with van der Waals surface area (Å²) in [4.78, 5) is 0. The van der Waals surface area contributed by atoms with Gasteiger partial charge in [0.25, 0.3) is 0 Å². The third-order valence-electron chi connectivity index (χ3n) is 7.17. The fraction of sp³-hybridized carbons (Fsp3) is 0.619. The summed E-state index contributed by atoms with van der Waals surface area (Å²) in [6.45, 7) is 4.32. The van der Waals surface area contributed by atoms with Crippen LogP contribution in [0.3, 0.4) is 0 Å².